The molecule has 102 valence electrons. The van der Waals surface area contributed by atoms with Gasteiger partial charge in [0.15, 0.2) is 0 Å². The van der Waals surface area contributed by atoms with E-state index >= 15 is 0 Å². The first-order valence-electron chi connectivity index (χ1n) is 6.37. The molecule has 0 spiro atoms. The van der Waals surface area contributed by atoms with Gasteiger partial charge in [-0.3, -0.25) is 9.59 Å². The average molecular weight is 262 g/mol. The van der Waals surface area contributed by atoms with E-state index in [-0.39, 0.29) is 11.8 Å². The Kier molecular flexibility index (Phi) is 4.11. The topological polar surface area (TPSA) is 88.3 Å². The number of nitrogens with one attached hydrogen (secondary N) is 1. The summed E-state index contributed by atoms with van der Waals surface area (Å²) in [6, 6.07) is 4.26. The van der Waals surface area contributed by atoms with Crippen LogP contribution in [0.5, 0.6) is 0 Å². The van der Waals surface area contributed by atoms with E-state index in [1.165, 1.54) is 0 Å². The van der Waals surface area contributed by atoms with E-state index in [0.29, 0.717) is 18.8 Å². The standard InChI is InChI=1S/C13H18N4O2/c1-9(14)13(19)17-8-4-5-10(17)12(18)16-11-6-2-3-7-15-11/h2-3,6-7,9-10H,4-5,8,14H2,1H3,(H,15,16,18)/t9-,10-/m0/s1. The van der Waals surface area contributed by atoms with Gasteiger partial charge in [-0.05, 0) is 31.9 Å². The number of hydrogen-bond donors (Lipinski definition) is 2. The molecular formula is C13H18N4O2. The van der Waals surface area contributed by atoms with Crippen molar-refractivity contribution in [1.82, 2.24) is 9.88 Å². The summed E-state index contributed by atoms with van der Waals surface area (Å²) in [7, 11) is 0. The number of nitrogens with zero attached hydrogens (tertiary/aromatic N) is 2. The molecule has 0 saturated carbocycles. The molecule has 0 radical (unpaired) electrons. The summed E-state index contributed by atoms with van der Waals surface area (Å²) in [4.78, 5) is 29.7. The average Bonchev–Trinajstić information content (AvgIpc) is 2.88. The van der Waals surface area contributed by atoms with Crippen LogP contribution in [0.4, 0.5) is 5.82 Å². The van der Waals surface area contributed by atoms with E-state index in [9.17, 15) is 9.59 Å². The molecule has 0 aromatic carbocycles. The molecule has 1 aromatic rings. The predicted octanol–water partition coefficient (Wildman–Crippen LogP) is 0.358. The maximum absolute atomic E-state index is 12.2. The molecule has 2 atom stereocenters. The molecule has 0 unspecified atom stereocenters. The second-order valence-electron chi connectivity index (χ2n) is 4.68. The first kappa shape index (κ1) is 13.5. The normalized spacial score (nSPS) is 20.1. The van der Waals surface area contributed by atoms with E-state index < -0.39 is 12.1 Å². The number of likely N-dealkylation sites (tertiary alicyclic amines) is 1. The van der Waals surface area contributed by atoms with Gasteiger partial charge < -0.3 is 16.0 Å². The van der Waals surface area contributed by atoms with E-state index in [2.05, 4.69) is 10.3 Å². The minimum atomic E-state index is -0.580. The molecule has 1 aliphatic heterocycles. The number of anilines is 1. The summed E-state index contributed by atoms with van der Waals surface area (Å²) in [5.74, 6) is 0.108. The minimum Gasteiger partial charge on any atom is -0.329 e. The van der Waals surface area contributed by atoms with Crippen molar-refractivity contribution in [3.63, 3.8) is 0 Å². The smallest absolute Gasteiger partial charge is 0.248 e. The highest BCUT2D eigenvalue weighted by molar-refractivity contribution is 5.97. The van der Waals surface area contributed by atoms with E-state index in [1.54, 1.807) is 36.2 Å². The van der Waals surface area contributed by atoms with Crippen LogP contribution in [0.25, 0.3) is 0 Å². The molecule has 2 heterocycles. The van der Waals surface area contributed by atoms with Gasteiger partial charge >= 0.3 is 0 Å². The molecular weight excluding hydrogens is 244 g/mol. The third-order valence-electron chi connectivity index (χ3n) is 3.14. The van der Waals surface area contributed by atoms with Gasteiger partial charge in [-0.2, -0.15) is 0 Å². The van der Waals surface area contributed by atoms with Crippen molar-refractivity contribution in [2.75, 3.05) is 11.9 Å². The molecule has 0 aliphatic carbocycles. The van der Waals surface area contributed by atoms with Crippen LogP contribution < -0.4 is 11.1 Å². The molecule has 1 saturated heterocycles. The van der Waals surface area contributed by atoms with Crippen molar-refractivity contribution < 1.29 is 9.59 Å². The molecule has 6 heteroatoms. The summed E-state index contributed by atoms with van der Waals surface area (Å²) >= 11 is 0. The molecule has 2 rings (SSSR count). The lowest BCUT2D eigenvalue weighted by Crippen LogP contribution is -2.48. The fourth-order valence-electron chi connectivity index (χ4n) is 2.21. The van der Waals surface area contributed by atoms with Crippen LogP contribution in [0.1, 0.15) is 19.8 Å². The maximum atomic E-state index is 12.2. The fraction of sp³-hybridized carbons (Fsp3) is 0.462. The number of nitrogens with two attached hydrogens (primary N) is 1. The van der Waals surface area contributed by atoms with Crippen molar-refractivity contribution in [2.24, 2.45) is 5.73 Å². The molecule has 3 N–H and O–H groups in total. The van der Waals surface area contributed by atoms with Crippen molar-refractivity contribution in [3.05, 3.63) is 24.4 Å². The summed E-state index contributed by atoms with van der Waals surface area (Å²) in [5.41, 5.74) is 5.60. The Hall–Kier alpha value is -1.95. The fourth-order valence-corrected chi connectivity index (χ4v) is 2.21. The second-order valence-corrected chi connectivity index (χ2v) is 4.68. The van der Waals surface area contributed by atoms with Gasteiger partial charge in [-0.1, -0.05) is 6.07 Å². The van der Waals surface area contributed by atoms with Gasteiger partial charge in [0.2, 0.25) is 11.8 Å². The first-order chi connectivity index (χ1) is 9.09. The van der Waals surface area contributed by atoms with E-state index in [4.69, 9.17) is 5.73 Å². The Balaban J connectivity index is 2.04. The highest BCUT2D eigenvalue weighted by atomic mass is 16.2. The zero-order valence-electron chi connectivity index (χ0n) is 10.9. The monoisotopic (exact) mass is 262 g/mol. The predicted molar refractivity (Wildman–Crippen MR) is 71.3 cm³/mol. The van der Waals surface area contributed by atoms with Gasteiger partial charge in [-0.15, -0.1) is 0 Å². The van der Waals surface area contributed by atoms with Crippen LogP contribution in [-0.4, -0.2) is 40.3 Å². The van der Waals surface area contributed by atoms with Crippen molar-refractivity contribution >= 4 is 17.6 Å². The van der Waals surface area contributed by atoms with Crippen LogP contribution >= 0.6 is 0 Å². The summed E-state index contributed by atoms with van der Waals surface area (Å²) < 4.78 is 0. The molecule has 1 aliphatic rings. The zero-order chi connectivity index (χ0) is 13.8. The number of aromatic nitrogens is 1. The zero-order valence-corrected chi connectivity index (χ0v) is 10.9. The van der Waals surface area contributed by atoms with Gasteiger partial charge in [0, 0.05) is 12.7 Å². The minimum absolute atomic E-state index is 0.182. The van der Waals surface area contributed by atoms with Gasteiger partial charge in [-0.25, -0.2) is 4.98 Å². The number of hydrogen-bond acceptors (Lipinski definition) is 4. The lowest BCUT2D eigenvalue weighted by atomic mass is 10.2. The van der Waals surface area contributed by atoms with Crippen LogP contribution in [0.2, 0.25) is 0 Å². The number of pyridine rings is 1. The molecule has 2 amide bonds. The molecule has 0 bridgehead atoms. The third-order valence-corrected chi connectivity index (χ3v) is 3.14. The SMILES string of the molecule is C[C@H](N)C(=O)N1CCC[C@H]1C(=O)Nc1ccccn1. The van der Waals surface area contributed by atoms with Crippen LogP contribution in [-0.2, 0) is 9.59 Å². The van der Waals surface area contributed by atoms with Gasteiger partial charge in [0.05, 0.1) is 6.04 Å². The number of carbonyl (C=O) groups excluding carboxylic acids is 2. The Morgan fingerprint density at radius 3 is 2.95 bits per heavy atom. The van der Waals surface area contributed by atoms with Crippen LogP contribution in [0, 0.1) is 0 Å². The molecule has 6 nitrogen and oxygen atoms in total. The van der Waals surface area contributed by atoms with E-state index in [0.717, 1.165) is 6.42 Å². The largest absolute Gasteiger partial charge is 0.329 e. The highest BCUT2D eigenvalue weighted by Crippen LogP contribution is 2.19. The van der Waals surface area contributed by atoms with Gasteiger partial charge in [0.25, 0.3) is 0 Å². The van der Waals surface area contributed by atoms with Crippen LogP contribution in [0.15, 0.2) is 24.4 Å². The van der Waals surface area contributed by atoms with Crippen molar-refractivity contribution in [2.45, 2.75) is 31.8 Å². The molecule has 1 aromatic heterocycles. The first-order valence-corrected chi connectivity index (χ1v) is 6.37. The van der Waals surface area contributed by atoms with Gasteiger partial charge in [0.1, 0.15) is 11.9 Å². The lowest BCUT2D eigenvalue weighted by molar-refractivity contribution is -0.137. The number of rotatable bonds is 3. The Labute approximate surface area is 112 Å². The quantitative estimate of drug-likeness (QED) is 0.823. The summed E-state index contributed by atoms with van der Waals surface area (Å²) in [6.07, 6.45) is 3.09. The maximum Gasteiger partial charge on any atom is 0.248 e. The highest BCUT2D eigenvalue weighted by Gasteiger charge is 2.35. The Bertz CT molecular complexity index is 461. The van der Waals surface area contributed by atoms with Crippen molar-refractivity contribution in [3.8, 4) is 0 Å². The van der Waals surface area contributed by atoms with E-state index in [1.807, 2.05) is 0 Å². The second kappa shape index (κ2) is 5.79. The Morgan fingerprint density at radius 2 is 2.32 bits per heavy atom. The Morgan fingerprint density at radius 1 is 1.53 bits per heavy atom. The molecule has 1 fully saturated rings. The third kappa shape index (κ3) is 3.08. The summed E-state index contributed by atoms with van der Waals surface area (Å²) in [6.45, 7) is 2.22. The number of amides is 2. The lowest BCUT2D eigenvalue weighted by Gasteiger charge is -2.25. The van der Waals surface area contributed by atoms with Crippen molar-refractivity contribution in [1.29, 1.82) is 0 Å². The summed E-state index contributed by atoms with van der Waals surface area (Å²) in [5, 5.41) is 2.72. The number of carbonyl (C=O) groups is 2. The molecule has 19 heavy (non-hydrogen) atoms. The van der Waals surface area contributed by atoms with Crippen LogP contribution in [0.3, 0.4) is 0 Å².